The van der Waals surface area contributed by atoms with Crippen molar-refractivity contribution in [3.8, 4) is 0 Å². The van der Waals surface area contributed by atoms with Crippen LogP contribution in [-0.2, 0) is 9.09 Å². The summed E-state index contributed by atoms with van der Waals surface area (Å²) in [6.45, 7) is 0.629. The fraction of sp³-hybridized carbons (Fsp3) is 1.00. The lowest BCUT2D eigenvalue weighted by Crippen LogP contribution is -2.24. The fourth-order valence-corrected chi connectivity index (χ4v) is 0.974. The van der Waals surface area contributed by atoms with Gasteiger partial charge in [-0.2, -0.15) is 0 Å². The zero-order valence-corrected chi connectivity index (χ0v) is 6.46. The van der Waals surface area contributed by atoms with Gasteiger partial charge in [-0.3, -0.25) is 0 Å². The fourth-order valence-electron chi connectivity index (χ4n) is 0.527. The Balaban J connectivity index is 3.49. The van der Waals surface area contributed by atoms with Crippen molar-refractivity contribution in [2.45, 2.75) is 12.5 Å². The molecule has 0 spiro atoms. The van der Waals surface area contributed by atoms with Gasteiger partial charge in [-0.05, 0) is 13.0 Å². The van der Waals surface area contributed by atoms with E-state index in [4.69, 9.17) is 16.4 Å². The first kappa shape index (κ1) is 9.94. The Morgan fingerprint density at radius 1 is 1.60 bits per heavy atom. The maximum absolute atomic E-state index is 10.1. The second-order valence-corrected chi connectivity index (χ2v) is 2.46. The summed E-state index contributed by atoms with van der Waals surface area (Å²) in [5.74, 6) is 0. The van der Waals surface area contributed by atoms with E-state index in [1.54, 1.807) is 0 Å². The van der Waals surface area contributed by atoms with Gasteiger partial charge in [0.1, 0.15) is 6.10 Å². The second-order valence-electron chi connectivity index (χ2n) is 1.78. The van der Waals surface area contributed by atoms with Gasteiger partial charge >= 0.3 is 8.25 Å². The molecule has 0 saturated carbocycles. The quantitative estimate of drug-likeness (QED) is 0.471. The molecule has 0 aromatic carbocycles. The largest absolute Gasteiger partial charge is 0.695 e. The van der Waals surface area contributed by atoms with Crippen molar-refractivity contribution >= 4 is 8.25 Å². The molecule has 2 unspecified atom stereocenters. The average Bonchev–Trinajstić information content (AvgIpc) is 1.86. The zero-order chi connectivity index (χ0) is 7.98. The highest BCUT2D eigenvalue weighted by molar-refractivity contribution is 7.32. The minimum atomic E-state index is -2.54. The molecule has 0 fully saturated rings. The zero-order valence-electron chi connectivity index (χ0n) is 5.56. The molecule has 60 valence electrons. The summed E-state index contributed by atoms with van der Waals surface area (Å²) in [7, 11) is -2.54. The van der Waals surface area contributed by atoms with Gasteiger partial charge in [-0.15, -0.1) is 9.42 Å². The molecule has 5 nitrogen and oxygen atoms in total. The van der Waals surface area contributed by atoms with Crippen LogP contribution in [0.4, 0.5) is 0 Å². The van der Waals surface area contributed by atoms with Crippen LogP contribution in [-0.4, -0.2) is 24.1 Å². The van der Waals surface area contributed by atoms with Gasteiger partial charge in [0.25, 0.3) is 0 Å². The molecule has 0 aromatic heterocycles. The molecule has 0 rings (SSSR count). The Hall–Kier alpha value is -0.0600. The molecule has 5 N–H and O–H groups in total. The Morgan fingerprint density at radius 2 is 2.20 bits per heavy atom. The predicted octanol–water partition coefficient (Wildman–Crippen LogP) is -0.671. The summed E-state index contributed by atoms with van der Waals surface area (Å²) in [5.41, 5.74) is 10.4. The first-order valence-electron chi connectivity index (χ1n) is 2.93. The van der Waals surface area contributed by atoms with E-state index in [2.05, 4.69) is 4.52 Å². The molecule has 6 heteroatoms. The SMILES string of the molecule is NCCC(CN)O[P+](=O)O. The molecular formula is C4H12N2O3P+. The van der Waals surface area contributed by atoms with E-state index in [-0.39, 0.29) is 6.54 Å². The van der Waals surface area contributed by atoms with Crippen LogP contribution < -0.4 is 11.5 Å². The number of hydrogen-bond acceptors (Lipinski definition) is 4. The molecule has 2 atom stereocenters. The van der Waals surface area contributed by atoms with Crippen LogP contribution in [0.5, 0.6) is 0 Å². The highest BCUT2D eigenvalue weighted by Crippen LogP contribution is 2.18. The van der Waals surface area contributed by atoms with Crippen molar-refractivity contribution in [1.29, 1.82) is 0 Å². The molecule has 0 aliphatic heterocycles. The lowest BCUT2D eigenvalue weighted by atomic mass is 10.3. The van der Waals surface area contributed by atoms with Crippen LogP contribution in [0.3, 0.4) is 0 Å². The smallest absolute Gasteiger partial charge is 0.330 e. The third-order valence-electron chi connectivity index (χ3n) is 0.991. The molecule has 0 saturated heterocycles. The Kier molecular flexibility index (Phi) is 5.67. The topological polar surface area (TPSA) is 98.6 Å². The van der Waals surface area contributed by atoms with Crippen LogP contribution in [0.25, 0.3) is 0 Å². The summed E-state index contributed by atoms with van der Waals surface area (Å²) < 4.78 is 14.6. The van der Waals surface area contributed by atoms with Gasteiger partial charge in [0, 0.05) is 11.1 Å². The van der Waals surface area contributed by atoms with Crippen molar-refractivity contribution in [3.05, 3.63) is 0 Å². The van der Waals surface area contributed by atoms with Crippen molar-refractivity contribution < 1.29 is 14.0 Å². The first-order chi connectivity index (χ1) is 4.70. The van der Waals surface area contributed by atoms with Gasteiger partial charge in [0.05, 0.1) is 0 Å². The molecular weight excluding hydrogens is 155 g/mol. The highest BCUT2D eigenvalue weighted by atomic mass is 31.1. The first-order valence-corrected chi connectivity index (χ1v) is 4.06. The number of nitrogens with two attached hydrogens (primary N) is 2. The van der Waals surface area contributed by atoms with Gasteiger partial charge in [-0.25, -0.2) is 0 Å². The molecule has 0 aromatic rings. The van der Waals surface area contributed by atoms with Gasteiger partial charge < -0.3 is 11.5 Å². The molecule has 0 heterocycles. The van der Waals surface area contributed by atoms with E-state index >= 15 is 0 Å². The van der Waals surface area contributed by atoms with Crippen molar-refractivity contribution in [1.82, 2.24) is 0 Å². The molecule has 0 aliphatic carbocycles. The summed E-state index contributed by atoms with van der Waals surface area (Å²) in [6, 6.07) is 0. The predicted molar refractivity (Wildman–Crippen MR) is 37.4 cm³/mol. The van der Waals surface area contributed by atoms with Crippen molar-refractivity contribution in [2.24, 2.45) is 11.5 Å². The average molecular weight is 167 g/mol. The lowest BCUT2D eigenvalue weighted by Gasteiger charge is -2.03. The van der Waals surface area contributed by atoms with Crippen molar-refractivity contribution in [3.63, 3.8) is 0 Å². The van der Waals surface area contributed by atoms with Gasteiger partial charge in [-0.1, -0.05) is 0 Å². The molecule has 0 bridgehead atoms. The number of rotatable bonds is 5. The van der Waals surface area contributed by atoms with E-state index in [1.807, 2.05) is 0 Å². The molecule has 0 aliphatic rings. The van der Waals surface area contributed by atoms with E-state index in [1.165, 1.54) is 0 Å². The second kappa shape index (κ2) is 5.70. The number of hydrogen-bond donors (Lipinski definition) is 3. The van der Waals surface area contributed by atoms with E-state index in [0.29, 0.717) is 13.0 Å². The van der Waals surface area contributed by atoms with Gasteiger partial charge in [0.15, 0.2) is 0 Å². The van der Waals surface area contributed by atoms with Crippen LogP contribution >= 0.6 is 8.25 Å². The van der Waals surface area contributed by atoms with E-state index < -0.39 is 14.4 Å². The van der Waals surface area contributed by atoms with Crippen molar-refractivity contribution in [2.75, 3.05) is 13.1 Å². The van der Waals surface area contributed by atoms with Crippen LogP contribution in [0, 0.1) is 0 Å². The lowest BCUT2D eigenvalue weighted by molar-refractivity contribution is 0.188. The Labute approximate surface area is 60.3 Å². The van der Waals surface area contributed by atoms with E-state index in [0.717, 1.165) is 0 Å². The normalized spacial score (nSPS) is 14.9. The minimum absolute atomic E-state index is 0.221. The molecule has 10 heavy (non-hydrogen) atoms. The summed E-state index contributed by atoms with van der Waals surface area (Å²) in [4.78, 5) is 8.27. The van der Waals surface area contributed by atoms with Crippen LogP contribution in [0.2, 0.25) is 0 Å². The van der Waals surface area contributed by atoms with Crippen LogP contribution in [0.1, 0.15) is 6.42 Å². The summed E-state index contributed by atoms with van der Waals surface area (Å²) >= 11 is 0. The highest BCUT2D eigenvalue weighted by Gasteiger charge is 2.20. The Bertz CT molecular complexity index is 111. The minimum Gasteiger partial charge on any atom is -0.330 e. The van der Waals surface area contributed by atoms with E-state index in [9.17, 15) is 4.57 Å². The standard InChI is InChI=1S/C4H11N2O3P/c5-2-1-4(3-6)9-10(7)8/h4H,1-3,5-6H2/p+1. The Morgan fingerprint density at radius 3 is 2.50 bits per heavy atom. The maximum atomic E-state index is 10.1. The van der Waals surface area contributed by atoms with Gasteiger partial charge in [0.2, 0.25) is 0 Å². The van der Waals surface area contributed by atoms with Crippen LogP contribution in [0.15, 0.2) is 0 Å². The summed E-state index contributed by atoms with van der Waals surface area (Å²) in [6.07, 6.45) is 0.122. The maximum Gasteiger partial charge on any atom is 0.695 e. The summed E-state index contributed by atoms with van der Waals surface area (Å²) in [5, 5.41) is 0. The third-order valence-corrected chi connectivity index (χ3v) is 1.47. The monoisotopic (exact) mass is 167 g/mol. The molecule has 0 amide bonds. The third kappa shape index (κ3) is 4.78. The molecule has 0 radical (unpaired) electrons.